The van der Waals surface area contributed by atoms with Crippen molar-refractivity contribution in [2.24, 2.45) is 0 Å². The summed E-state index contributed by atoms with van der Waals surface area (Å²) in [4.78, 5) is 20.7. The first-order chi connectivity index (χ1) is 8.56. The number of ether oxygens (including phenoxy) is 1. The summed E-state index contributed by atoms with van der Waals surface area (Å²) in [7, 11) is 1.42. The van der Waals surface area contributed by atoms with Crippen molar-refractivity contribution in [1.29, 1.82) is 0 Å². The number of rotatable bonds is 5. The zero-order chi connectivity index (χ0) is 13.5. The number of hydrogen-bond acceptors (Lipinski definition) is 5. The zero-order valence-corrected chi connectivity index (χ0v) is 9.66. The summed E-state index contributed by atoms with van der Waals surface area (Å²) in [6.45, 7) is 0. The Kier molecular flexibility index (Phi) is 4.68. The van der Waals surface area contributed by atoms with Crippen molar-refractivity contribution in [3.05, 3.63) is 41.7 Å². The number of aromatic hydroxyl groups is 1. The van der Waals surface area contributed by atoms with Crippen LogP contribution in [0.5, 0.6) is 11.5 Å². The minimum absolute atomic E-state index is 0.00514. The SMILES string of the molecule is COc1cc(/C=C/C(O)=C/C(=O)C=O)ccc1O. The molecule has 0 fully saturated rings. The van der Waals surface area contributed by atoms with Crippen LogP contribution in [-0.2, 0) is 9.59 Å². The molecule has 94 valence electrons. The second-order valence-electron chi connectivity index (χ2n) is 3.35. The van der Waals surface area contributed by atoms with E-state index in [-0.39, 0.29) is 17.8 Å². The molecular weight excluding hydrogens is 236 g/mol. The van der Waals surface area contributed by atoms with Crippen molar-refractivity contribution in [2.75, 3.05) is 7.11 Å². The molecule has 1 aromatic rings. The normalized spacial score (nSPS) is 11.5. The number of aliphatic hydroxyl groups is 1. The third kappa shape index (κ3) is 3.79. The lowest BCUT2D eigenvalue weighted by Crippen LogP contribution is -1.94. The summed E-state index contributed by atoms with van der Waals surface area (Å²) in [5.41, 5.74) is 0.656. The first-order valence-electron chi connectivity index (χ1n) is 5.01. The maximum Gasteiger partial charge on any atom is 0.221 e. The molecule has 0 amide bonds. The first-order valence-corrected chi connectivity index (χ1v) is 5.01. The summed E-state index contributed by atoms with van der Waals surface area (Å²) < 4.78 is 4.91. The van der Waals surface area contributed by atoms with E-state index in [1.54, 1.807) is 12.1 Å². The third-order valence-electron chi connectivity index (χ3n) is 2.06. The standard InChI is InChI=1S/C13H12O5/c1-18-13-6-9(3-5-12(13)17)2-4-10(15)7-11(16)8-14/h2-8,15,17H,1H3/b4-2+,10-7-. The molecule has 0 saturated carbocycles. The van der Waals surface area contributed by atoms with Crippen LogP contribution in [0, 0.1) is 0 Å². The van der Waals surface area contributed by atoms with Crippen molar-refractivity contribution in [2.45, 2.75) is 0 Å². The Balaban J connectivity index is 2.87. The van der Waals surface area contributed by atoms with E-state index in [1.165, 1.54) is 25.3 Å². The van der Waals surface area contributed by atoms with Crippen LogP contribution >= 0.6 is 0 Å². The van der Waals surface area contributed by atoms with Crippen LogP contribution in [0.25, 0.3) is 6.08 Å². The van der Waals surface area contributed by atoms with Gasteiger partial charge in [0.1, 0.15) is 5.76 Å². The molecule has 18 heavy (non-hydrogen) atoms. The highest BCUT2D eigenvalue weighted by Gasteiger charge is 2.00. The minimum atomic E-state index is -0.819. The number of carbonyl (C=O) groups excluding carboxylic acids is 2. The number of phenolic OH excluding ortho intramolecular Hbond substituents is 1. The lowest BCUT2D eigenvalue weighted by atomic mass is 10.2. The molecule has 5 nitrogen and oxygen atoms in total. The Bertz CT molecular complexity index is 514. The fraction of sp³-hybridized carbons (Fsp3) is 0.0769. The number of allylic oxidation sites excluding steroid dienone is 2. The largest absolute Gasteiger partial charge is 0.508 e. The lowest BCUT2D eigenvalue weighted by Gasteiger charge is -2.03. The number of carbonyl (C=O) groups is 2. The Morgan fingerprint density at radius 3 is 2.72 bits per heavy atom. The predicted molar refractivity (Wildman–Crippen MR) is 65.5 cm³/mol. The van der Waals surface area contributed by atoms with E-state index < -0.39 is 5.78 Å². The average molecular weight is 248 g/mol. The van der Waals surface area contributed by atoms with Gasteiger partial charge in [0.2, 0.25) is 5.78 Å². The van der Waals surface area contributed by atoms with E-state index in [4.69, 9.17) is 4.74 Å². The molecule has 5 heteroatoms. The van der Waals surface area contributed by atoms with Gasteiger partial charge in [-0.1, -0.05) is 12.1 Å². The van der Waals surface area contributed by atoms with Gasteiger partial charge in [0.15, 0.2) is 17.8 Å². The number of ketones is 1. The molecule has 2 N–H and O–H groups in total. The van der Waals surface area contributed by atoms with Crippen LogP contribution in [0.4, 0.5) is 0 Å². The maximum atomic E-state index is 10.7. The van der Waals surface area contributed by atoms with Crippen molar-refractivity contribution in [3.8, 4) is 11.5 Å². The number of methoxy groups -OCH3 is 1. The van der Waals surface area contributed by atoms with Crippen LogP contribution in [-0.4, -0.2) is 29.4 Å². The molecule has 0 saturated heterocycles. The summed E-state index contributed by atoms with van der Waals surface area (Å²) in [5, 5.41) is 18.7. The summed E-state index contributed by atoms with van der Waals surface area (Å²) in [6, 6.07) is 4.60. The van der Waals surface area contributed by atoms with E-state index in [2.05, 4.69) is 0 Å². The molecule has 1 rings (SSSR count). The number of benzene rings is 1. The molecule has 0 bridgehead atoms. The second-order valence-corrected chi connectivity index (χ2v) is 3.35. The van der Waals surface area contributed by atoms with E-state index >= 15 is 0 Å². The average Bonchev–Trinajstić information content (AvgIpc) is 2.37. The molecule has 0 aliphatic heterocycles. The van der Waals surface area contributed by atoms with Gasteiger partial charge in [0, 0.05) is 6.08 Å². The van der Waals surface area contributed by atoms with Crippen molar-refractivity contribution < 1.29 is 24.5 Å². The maximum absolute atomic E-state index is 10.7. The highest BCUT2D eigenvalue weighted by molar-refractivity contribution is 6.30. The Morgan fingerprint density at radius 1 is 1.39 bits per heavy atom. The number of hydrogen-bond donors (Lipinski definition) is 2. The molecule has 1 aromatic carbocycles. The molecular formula is C13H12O5. The van der Waals surface area contributed by atoms with E-state index in [1.807, 2.05) is 0 Å². The zero-order valence-electron chi connectivity index (χ0n) is 9.66. The number of aliphatic hydroxyl groups excluding tert-OH is 1. The van der Waals surface area contributed by atoms with E-state index in [0.29, 0.717) is 11.3 Å². The topological polar surface area (TPSA) is 83.8 Å². The molecule has 0 spiro atoms. The molecule has 0 aliphatic rings. The minimum Gasteiger partial charge on any atom is -0.508 e. The van der Waals surface area contributed by atoms with Gasteiger partial charge < -0.3 is 14.9 Å². The Labute approximate surface area is 104 Å². The van der Waals surface area contributed by atoms with Gasteiger partial charge in [0.05, 0.1) is 7.11 Å². The van der Waals surface area contributed by atoms with Crippen molar-refractivity contribution >= 4 is 18.1 Å². The van der Waals surface area contributed by atoms with Crippen LogP contribution in [0.3, 0.4) is 0 Å². The van der Waals surface area contributed by atoms with Gasteiger partial charge in [-0.05, 0) is 23.8 Å². The molecule has 0 atom stereocenters. The number of aldehydes is 1. The summed E-state index contributed by atoms with van der Waals surface area (Å²) in [6.07, 6.45) is 3.67. The van der Waals surface area contributed by atoms with Crippen LogP contribution in [0.2, 0.25) is 0 Å². The van der Waals surface area contributed by atoms with Gasteiger partial charge in [-0.3, -0.25) is 9.59 Å². The molecule has 0 aromatic heterocycles. The highest BCUT2D eigenvalue weighted by Crippen LogP contribution is 2.26. The number of phenols is 1. The monoisotopic (exact) mass is 248 g/mol. The third-order valence-corrected chi connectivity index (χ3v) is 2.06. The van der Waals surface area contributed by atoms with Gasteiger partial charge >= 0.3 is 0 Å². The quantitative estimate of drug-likeness (QED) is 0.272. The van der Waals surface area contributed by atoms with Crippen LogP contribution < -0.4 is 4.74 Å². The smallest absolute Gasteiger partial charge is 0.221 e. The van der Waals surface area contributed by atoms with E-state index in [9.17, 15) is 19.8 Å². The Hall–Kier alpha value is -2.56. The van der Waals surface area contributed by atoms with Crippen molar-refractivity contribution in [3.63, 3.8) is 0 Å². The molecule has 0 aliphatic carbocycles. The van der Waals surface area contributed by atoms with Crippen LogP contribution in [0.1, 0.15) is 5.56 Å². The molecule has 0 unspecified atom stereocenters. The van der Waals surface area contributed by atoms with Crippen LogP contribution in [0.15, 0.2) is 36.1 Å². The van der Waals surface area contributed by atoms with Gasteiger partial charge in [-0.15, -0.1) is 0 Å². The Morgan fingerprint density at radius 2 is 2.11 bits per heavy atom. The van der Waals surface area contributed by atoms with Gasteiger partial charge in [-0.2, -0.15) is 0 Å². The van der Waals surface area contributed by atoms with Crippen molar-refractivity contribution in [1.82, 2.24) is 0 Å². The first kappa shape index (κ1) is 13.5. The van der Waals surface area contributed by atoms with Gasteiger partial charge in [-0.25, -0.2) is 0 Å². The fourth-order valence-corrected chi connectivity index (χ4v) is 1.21. The summed E-state index contributed by atoms with van der Waals surface area (Å²) >= 11 is 0. The lowest BCUT2D eigenvalue weighted by molar-refractivity contribution is -0.126. The highest BCUT2D eigenvalue weighted by atomic mass is 16.5. The predicted octanol–water partition coefficient (Wildman–Crippen LogP) is 1.62. The molecule has 0 radical (unpaired) electrons. The summed E-state index contributed by atoms with van der Waals surface area (Å²) in [5.74, 6) is -0.852. The van der Waals surface area contributed by atoms with Gasteiger partial charge in [0.25, 0.3) is 0 Å². The fourth-order valence-electron chi connectivity index (χ4n) is 1.21. The van der Waals surface area contributed by atoms with E-state index in [0.717, 1.165) is 6.08 Å². The second kappa shape index (κ2) is 6.24. The molecule has 0 heterocycles.